The van der Waals surface area contributed by atoms with Crippen LogP contribution in [0, 0.1) is 24.6 Å². The summed E-state index contributed by atoms with van der Waals surface area (Å²) in [4.78, 5) is 14.3. The summed E-state index contributed by atoms with van der Waals surface area (Å²) in [6.45, 7) is 3.52. The second-order valence-electron chi connectivity index (χ2n) is 6.43. The molecule has 0 spiro atoms. The lowest BCUT2D eigenvalue weighted by Gasteiger charge is -2.41. The van der Waals surface area contributed by atoms with Gasteiger partial charge in [0.25, 0.3) is 0 Å². The van der Waals surface area contributed by atoms with Crippen LogP contribution in [-0.2, 0) is 0 Å². The normalized spacial score (nSPS) is 25.3. The van der Waals surface area contributed by atoms with E-state index in [4.69, 9.17) is 0 Å². The number of rotatable bonds is 1. The van der Waals surface area contributed by atoms with E-state index in [2.05, 4.69) is 5.32 Å². The number of hydrogen-bond acceptors (Lipinski definition) is 1. The lowest BCUT2D eigenvalue weighted by molar-refractivity contribution is 0.108. The minimum Gasteiger partial charge on any atom is -0.324 e. The third kappa shape index (κ3) is 3.20. The number of nitrogens with zero attached hydrogens (tertiary/aromatic N) is 1. The summed E-state index contributed by atoms with van der Waals surface area (Å²) < 4.78 is 13.1. The van der Waals surface area contributed by atoms with Gasteiger partial charge in [0.2, 0.25) is 0 Å². The molecule has 0 radical (unpaired) electrons. The first-order valence-corrected chi connectivity index (χ1v) is 7.95. The molecule has 3 nitrogen and oxygen atoms in total. The molecule has 114 valence electrons. The van der Waals surface area contributed by atoms with E-state index in [0.717, 1.165) is 31.0 Å². The molecular weight excluding hydrogens is 267 g/mol. The minimum atomic E-state index is -0.270. The molecule has 1 aromatic rings. The fourth-order valence-electron chi connectivity index (χ4n) is 3.75. The molecule has 0 bridgehead atoms. The van der Waals surface area contributed by atoms with Gasteiger partial charge in [-0.3, -0.25) is 0 Å². The van der Waals surface area contributed by atoms with E-state index < -0.39 is 0 Å². The van der Waals surface area contributed by atoms with Gasteiger partial charge in [-0.25, -0.2) is 9.18 Å². The summed E-state index contributed by atoms with van der Waals surface area (Å²) in [5, 5.41) is 2.92. The van der Waals surface area contributed by atoms with Crippen LogP contribution in [-0.4, -0.2) is 24.0 Å². The van der Waals surface area contributed by atoms with Crippen molar-refractivity contribution < 1.29 is 9.18 Å². The molecule has 1 aliphatic carbocycles. The van der Waals surface area contributed by atoms with Crippen molar-refractivity contribution >= 4 is 11.7 Å². The van der Waals surface area contributed by atoms with Crippen molar-refractivity contribution in [3.8, 4) is 0 Å². The zero-order valence-electron chi connectivity index (χ0n) is 12.6. The predicted molar refractivity (Wildman–Crippen MR) is 81.8 cm³/mol. The average Bonchev–Trinajstić information content (AvgIpc) is 2.49. The molecule has 4 heteroatoms. The number of aryl methyl sites for hydroxylation is 1. The Morgan fingerprint density at radius 1 is 1.24 bits per heavy atom. The molecule has 1 aromatic carbocycles. The highest BCUT2D eigenvalue weighted by molar-refractivity contribution is 5.90. The van der Waals surface area contributed by atoms with E-state index in [1.807, 2.05) is 11.8 Å². The highest BCUT2D eigenvalue weighted by Gasteiger charge is 2.32. The van der Waals surface area contributed by atoms with Gasteiger partial charge in [0, 0.05) is 18.8 Å². The van der Waals surface area contributed by atoms with E-state index >= 15 is 0 Å². The molecule has 2 fully saturated rings. The Balaban J connectivity index is 1.63. The Morgan fingerprint density at radius 3 is 2.76 bits per heavy atom. The fraction of sp³-hybridized carbons (Fsp3) is 0.588. The second-order valence-corrected chi connectivity index (χ2v) is 6.43. The van der Waals surface area contributed by atoms with Crippen LogP contribution in [0.3, 0.4) is 0 Å². The van der Waals surface area contributed by atoms with Gasteiger partial charge in [0.15, 0.2) is 0 Å². The summed E-state index contributed by atoms with van der Waals surface area (Å²) in [5.41, 5.74) is 1.46. The van der Waals surface area contributed by atoms with E-state index in [0.29, 0.717) is 11.6 Å². The van der Waals surface area contributed by atoms with Crippen LogP contribution in [0.15, 0.2) is 18.2 Å². The molecule has 1 N–H and O–H groups in total. The zero-order chi connectivity index (χ0) is 14.8. The largest absolute Gasteiger partial charge is 0.324 e. The number of fused-ring (bicyclic) bond motifs is 1. The van der Waals surface area contributed by atoms with Crippen molar-refractivity contribution in [3.05, 3.63) is 29.6 Å². The van der Waals surface area contributed by atoms with Crippen LogP contribution < -0.4 is 5.32 Å². The third-order valence-corrected chi connectivity index (χ3v) is 5.01. The van der Waals surface area contributed by atoms with E-state index in [-0.39, 0.29) is 11.8 Å². The van der Waals surface area contributed by atoms with Gasteiger partial charge in [-0.15, -0.1) is 0 Å². The van der Waals surface area contributed by atoms with Crippen molar-refractivity contribution in [2.24, 2.45) is 11.8 Å². The Kier molecular flexibility index (Phi) is 4.13. The number of carbonyl (C=O) groups is 1. The molecule has 1 saturated carbocycles. The SMILES string of the molecule is Cc1cc(F)ccc1NC(=O)N1CCC2CCCCC2C1. The molecule has 2 atom stereocenters. The topological polar surface area (TPSA) is 32.3 Å². The lowest BCUT2D eigenvalue weighted by atomic mass is 9.75. The summed E-state index contributed by atoms with van der Waals surface area (Å²) in [6.07, 6.45) is 6.36. The van der Waals surface area contributed by atoms with Crippen molar-refractivity contribution in [1.29, 1.82) is 0 Å². The standard InChI is InChI=1S/C17H23FN2O/c1-12-10-15(18)6-7-16(12)19-17(21)20-9-8-13-4-2-3-5-14(13)11-20/h6-7,10,13-14H,2-5,8-9,11H2,1H3,(H,19,21). The van der Waals surface area contributed by atoms with Crippen molar-refractivity contribution in [3.63, 3.8) is 0 Å². The monoisotopic (exact) mass is 290 g/mol. The lowest BCUT2D eigenvalue weighted by Crippen LogP contribution is -2.46. The second kappa shape index (κ2) is 6.04. The summed E-state index contributed by atoms with van der Waals surface area (Å²) in [6, 6.07) is 4.42. The number of nitrogens with one attached hydrogen (secondary N) is 1. The fourth-order valence-corrected chi connectivity index (χ4v) is 3.75. The molecule has 21 heavy (non-hydrogen) atoms. The Labute approximate surface area is 125 Å². The summed E-state index contributed by atoms with van der Waals surface area (Å²) in [5.74, 6) is 1.22. The molecular formula is C17H23FN2O. The van der Waals surface area contributed by atoms with Crippen LogP contribution in [0.2, 0.25) is 0 Å². The summed E-state index contributed by atoms with van der Waals surface area (Å²) >= 11 is 0. The first-order chi connectivity index (χ1) is 10.1. The van der Waals surface area contributed by atoms with Crippen LogP contribution in [0.1, 0.15) is 37.7 Å². The Bertz CT molecular complexity index is 532. The predicted octanol–water partition coefficient (Wildman–Crippen LogP) is 4.18. The molecule has 1 saturated heterocycles. The van der Waals surface area contributed by atoms with Gasteiger partial charge in [0.05, 0.1) is 0 Å². The molecule has 3 rings (SSSR count). The number of halogens is 1. The van der Waals surface area contributed by atoms with Crippen LogP contribution in [0.4, 0.5) is 14.9 Å². The minimum absolute atomic E-state index is 0.0475. The van der Waals surface area contributed by atoms with Crippen LogP contribution in [0.25, 0.3) is 0 Å². The number of anilines is 1. The maximum absolute atomic E-state index is 13.1. The van der Waals surface area contributed by atoms with Crippen molar-refractivity contribution in [1.82, 2.24) is 4.90 Å². The smallest absolute Gasteiger partial charge is 0.321 e. The number of benzene rings is 1. The maximum atomic E-state index is 13.1. The number of piperidine rings is 1. The van der Waals surface area contributed by atoms with E-state index in [9.17, 15) is 9.18 Å². The van der Waals surface area contributed by atoms with Gasteiger partial charge < -0.3 is 10.2 Å². The van der Waals surface area contributed by atoms with Gasteiger partial charge in [-0.1, -0.05) is 19.3 Å². The number of amides is 2. The first-order valence-electron chi connectivity index (χ1n) is 7.95. The zero-order valence-corrected chi connectivity index (χ0v) is 12.6. The van der Waals surface area contributed by atoms with Crippen molar-refractivity contribution in [2.45, 2.75) is 39.0 Å². The number of urea groups is 1. The number of likely N-dealkylation sites (tertiary alicyclic amines) is 1. The molecule has 1 heterocycles. The number of hydrogen-bond donors (Lipinski definition) is 1. The highest BCUT2D eigenvalue weighted by atomic mass is 19.1. The van der Waals surface area contributed by atoms with E-state index in [1.165, 1.54) is 37.8 Å². The molecule has 2 unspecified atom stereocenters. The quantitative estimate of drug-likeness (QED) is 0.827. The Hall–Kier alpha value is -1.58. The van der Waals surface area contributed by atoms with Crippen LogP contribution in [0.5, 0.6) is 0 Å². The number of carbonyl (C=O) groups excluding carboxylic acids is 1. The maximum Gasteiger partial charge on any atom is 0.321 e. The average molecular weight is 290 g/mol. The summed E-state index contributed by atoms with van der Waals surface area (Å²) in [7, 11) is 0. The van der Waals surface area contributed by atoms with Gasteiger partial charge in [-0.2, -0.15) is 0 Å². The van der Waals surface area contributed by atoms with Crippen LogP contribution >= 0.6 is 0 Å². The van der Waals surface area contributed by atoms with Gasteiger partial charge in [0.1, 0.15) is 5.82 Å². The van der Waals surface area contributed by atoms with Gasteiger partial charge >= 0.3 is 6.03 Å². The first kappa shape index (κ1) is 14.4. The van der Waals surface area contributed by atoms with Gasteiger partial charge in [-0.05, 0) is 55.4 Å². The molecule has 0 aromatic heterocycles. The Morgan fingerprint density at radius 2 is 2.00 bits per heavy atom. The highest BCUT2D eigenvalue weighted by Crippen LogP contribution is 2.36. The molecule has 2 aliphatic rings. The third-order valence-electron chi connectivity index (χ3n) is 5.01. The van der Waals surface area contributed by atoms with E-state index in [1.54, 1.807) is 6.07 Å². The van der Waals surface area contributed by atoms with Crippen molar-refractivity contribution in [2.75, 3.05) is 18.4 Å². The molecule has 1 aliphatic heterocycles. The molecule has 2 amide bonds.